The van der Waals surface area contributed by atoms with Crippen molar-refractivity contribution in [3.63, 3.8) is 0 Å². The molecule has 1 N–H and O–H groups in total. The van der Waals surface area contributed by atoms with Gasteiger partial charge in [-0.25, -0.2) is 8.42 Å². The van der Waals surface area contributed by atoms with E-state index in [1.54, 1.807) is 18.2 Å². The van der Waals surface area contributed by atoms with Crippen LogP contribution < -0.4 is 5.32 Å². The van der Waals surface area contributed by atoms with Crippen LogP contribution in [0.4, 0.5) is 5.69 Å². The summed E-state index contributed by atoms with van der Waals surface area (Å²) in [5.74, 6) is -0.215. The number of carbonyl (C=O) groups is 1. The number of amides is 1. The van der Waals surface area contributed by atoms with E-state index >= 15 is 0 Å². The van der Waals surface area contributed by atoms with Crippen molar-refractivity contribution >= 4 is 32.4 Å². The van der Waals surface area contributed by atoms with Crippen molar-refractivity contribution in [3.05, 3.63) is 54.6 Å². The summed E-state index contributed by atoms with van der Waals surface area (Å²) in [6.45, 7) is 1.39. The quantitative estimate of drug-likeness (QED) is 0.805. The molecule has 3 rings (SSSR count). The van der Waals surface area contributed by atoms with Crippen molar-refractivity contribution in [2.75, 3.05) is 5.32 Å². The fraction of sp³-hybridized carbons (Fsp3) is 0.0625. The summed E-state index contributed by atoms with van der Waals surface area (Å²) >= 11 is 0. The zero-order valence-corrected chi connectivity index (χ0v) is 12.6. The molecule has 3 aromatic rings. The normalized spacial score (nSPS) is 11.5. The molecular formula is C16H13NO4S. The van der Waals surface area contributed by atoms with Gasteiger partial charge in [-0.2, -0.15) is 0 Å². The lowest BCUT2D eigenvalue weighted by atomic mass is 10.3. The molecule has 0 saturated heterocycles. The smallest absolute Gasteiger partial charge is 0.239 e. The van der Waals surface area contributed by atoms with E-state index in [9.17, 15) is 13.2 Å². The Morgan fingerprint density at radius 2 is 1.73 bits per heavy atom. The summed E-state index contributed by atoms with van der Waals surface area (Å²) < 4.78 is 30.5. The highest BCUT2D eigenvalue weighted by Crippen LogP contribution is 2.28. The molecule has 0 spiro atoms. The molecule has 0 unspecified atom stereocenters. The summed E-state index contributed by atoms with van der Waals surface area (Å²) in [6, 6.07) is 14.6. The molecule has 0 radical (unpaired) electrons. The summed E-state index contributed by atoms with van der Waals surface area (Å²) in [7, 11) is -3.73. The van der Waals surface area contributed by atoms with Gasteiger partial charge in [0.15, 0.2) is 0 Å². The van der Waals surface area contributed by atoms with Gasteiger partial charge < -0.3 is 9.73 Å². The lowest BCUT2D eigenvalue weighted by molar-refractivity contribution is -0.114. The number of rotatable bonds is 3. The second kappa shape index (κ2) is 5.31. The van der Waals surface area contributed by atoms with Crippen molar-refractivity contribution in [1.29, 1.82) is 0 Å². The van der Waals surface area contributed by atoms with Crippen LogP contribution in [0.1, 0.15) is 6.92 Å². The maximum absolute atomic E-state index is 12.6. The molecule has 2 aromatic carbocycles. The molecule has 1 heterocycles. The maximum Gasteiger partial charge on any atom is 0.239 e. The maximum atomic E-state index is 12.6. The molecule has 0 aliphatic carbocycles. The lowest BCUT2D eigenvalue weighted by Gasteiger charge is -2.04. The number of anilines is 1. The van der Waals surface area contributed by atoms with E-state index in [1.165, 1.54) is 37.3 Å². The second-order valence-electron chi connectivity index (χ2n) is 4.81. The van der Waals surface area contributed by atoms with Crippen molar-refractivity contribution in [3.8, 4) is 0 Å². The zero-order valence-electron chi connectivity index (χ0n) is 11.7. The third-order valence-electron chi connectivity index (χ3n) is 3.15. The first kappa shape index (κ1) is 14.3. The Labute approximate surface area is 127 Å². The van der Waals surface area contributed by atoms with E-state index in [-0.39, 0.29) is 15.9 Å². The van der Waals surface area contributed by atoms with Crippen LogP contribution in [0.15, 0.2) is 69.0 Å². The number of carbonyl (C=O) groups excluding carboxylic acids is 1. The molecule has 0 aliphatic rings. The Bertz CT molecular complexity index is 907. The van der Waals surface area contributed by atoms with Gasteiger partial charge in [0.2, 0.25) is 20.8 Å². The Kier molecular flexibility index (Phi) is 3.46. The highest BCUT2D eigenvalue weighted by molar-refractivity contribution is 7.91. The largest absolute Gasteiger partial charge is 0.444 e. The van der Waals surface area contributed by atoms with E-state index in [0.29, 0.717) is 11.3 Å². The highest BCUT2D eigenvalue weighted by Gasteiger charge is 2.22. The zero-order chi connectivity index (χ0) is 15.7. The highest BCUT2D eigenvalue weighted by atomic mass is 32.2. The van der Waals surface area contributed by atoms with Gasteiger partial charge in [-0.1, -0.05) is 18.2 Å². The monoisotopic (exact) mass is 315 g/mol. The van der Waals surface area contributed by atoms with Crippen LogP contribution in [0.2, 0.25) is 0 Å². The van der Waals surface area contributed by atoms with Gasteiger partial charge in [-0.05, 0) is 30.3 Å². The molecule has 1 amide bonds. The van der Waals surface area contributed by atoms with E-state index in [2.05, 4.69) is 5.32 Å². The van der Waals surface area contributed by atoms with Crippen molar-refractivity contribution in [2.24, 2.45) is 0 Å². The molecule has 112 valence electrons. The molecule has 22 heavy (non-hydrogen) atoms. The van der Waals surface area contributed by atoms with E-state index in [0.717, 1.165) is 5.39 Å². The topological polar surface area (TPSA) is 76.4 Å². The van der Waals surface area contributed by atoms with Crippen LogP contribution in [0.3, 0.4) is 0 Å². The average molecular weight is 315 g/mol. The number of nitrogens with one attached hydrogen (secondary N) is 1. The standard InChI is InChI=1S/C16H13NO4S/c1-11(18)17-13-6-8-14(9-7-13)22(19,20)16-10-12-4-2-3-5-15(12)21-16/h2-10H,1H3,(H,17,18). The van der Waals surface area contributed by atoms with Crippen LogP contribution in [0, 0.1) is 0 Å². The predicted molar refractivity (Wildman–Crippen MR) is 82.4 cm³/mol. The minimum absolute atomic E-state index is 0.0963. The number of sulfone groups is 1. The Morgan fingerprint density at radius 1 is 1.05 bits per heavy atom. The van der Waals surface area contributed by atoms with Crippen molar-refractivity contribution in [1.82, 2.24) is 0 Å². The average Bonchev–Trinajstić information content (AvgIpc) is 2.92. The van der Waals surface area contributed by atoms with E-state index in [4.69, 9.17) is 4.42 Å². The molecule has 5 nitrogen and oxygen atoms in total. The molecule has 0 bridgehead atoms. The fourth-order valence-corrected chi connectivity index (χ4v) is 3.34. The Balaban J connectivity index is 2.00. The lowest BCUT2D eigenvalue weighted by Crippen LogP contribution is -2.06. The van der Waals surface area contributed by atoms with Crippen LogP contribution >= 0.6 is 0 Å². The SMILES string of the molecule is CC(=O)Nc1ccc(S(=O)(=O)c2cc3ccccc3o2)cc1. The van der Waals surface area contributed by atoms with Crippen molar-refractivity contribution in [2.45, 2.75) is 16.9 Å². The summed E-state index contributed by atoms with van der Waals surface area (Å²) in [6.07, 6.45) is 0. The minimum atomic E-state index is -3.73. The molecule has 0 aliphatic heterocycles. The first-order valence-electron chi connectivity index (χ1n) is 6.58. The third kappa shape index (κ3) is 2.60. The minimum Gasteiger partial charge on any atom is -0.444 e. The van der Waals surface area contributed by atoms with Crippen LogP contribution in [-0.4, -0.2) is 14.3 Å². The van der Waals surface area contributed by atoms with Crippen LogP contribution in [0.5, 0.6) is 0 Å². The predicted octanol–water partition coefficient (Wildman–Crippen LogP) is 3.22. The molecule has 6 heteroatoms. The molecule has 0 fully saturated rings. The first-order chi connectivity index (χ1) is 10.5. The van der Waals surface area contributed by atoms with Gasteiger partial charge in [0, 0.05) is 24.1 Å². The number of furan rings is 1. The third-order valence-corrected chi connectivity index (χ3v) is 4.78. The fourth-order valence-electron chi connectivity index (χ4n) is 2.13. The number of hydrogen-bond donors (Lipinski definition) is 1. The molecule has 1 aromatic heterocycles. The summed E-state index contributed by atoms with van der Waals surface area (Å²) in [5, 5.41) is 3.22. The second-order valence-corrected chi connectivity index (χ2v) is 6.69. The van der Waals surface area contributed by atoms with E-state index in [1.807, 2.05) is 6.07 Å². The van der Waals surface area contributed by atoms with Crippen LogP contribution in [-0.2, 0) is 14.6 Å². The van der Waals surface area contributed by atoms with Gasteiger partial charge in [-0.15, -0.1) is 0 Å². The Hall–Kier alpha value is -2.60. The van der Waals surface area contributed by atoms with E-state index < -0.39 is 9.84 Å². The number of para-hydroxylation sites is 1. The van der Waals surface area contributed by atoms with Gasteiger partial charge in [0.05, 0.1) is 4.90 Å². The van der Waals surface area contributed by atoms with Gasteiger partial charge >= 0.3 is 0 Å². The van der Waals surface area contributed by atoms with Crippen molar-refractivity contribution < 1.29 is 17.6 Å². The molecular weight excluding hydrogens is 302 g/mol. The van der Waals surface area contributed by atoms with Gasteiger partial charge in [0.1, 0.15) is 5.58 Å². The molecule has 0 atom stereocenters. The number of hydrogen-bond acceptors (Lipinski definition) is 4. The number of benzene rings is 2. The Morgan fingerprint density at radius 3 is 2.36 bits per heavy atom. The summed E-state index contributed by atoms with van der Waals surface area (Å²) in [4.78, 5) is 11.1. The van der Waals surface area contributed by atoms with Crippen LogP contribution in [0.25, 0.3) is 11.0 Å². The number of fused-ring (bicyclic) bond motifs is 1. The van der Waals surface area contributed by atoms with Gasteiger partial charge in [-0.3, -0.25) is 4.79 Å². The molecule has 0 saturated carbocycles. The summed E-state index contributed by atoms with van der Waals surface area (Å²) in [5.41, 5.74) is 1.06. The first-order valence-corrected chi connectivity index (χ1v) is 8.06. The van der Waals surface area contributed by atoms with Gasteiger partial charge in [0.25, 0.3) is 0 Å².